The number of benzene rings is 2. The number of methoxy groups -OCH3 is 2. The van der Waals surface area contributed by atoms with Crippen molar-refractivity contribution in [1.29, 1.82) is 5.41 Å². The van der Waals surface area contributed by atoms with Crippen molar-refractivity contribution in [2.45, 2.75) is 18.4 Å². The average molecular weight is 450 g/mol. The normalized spacial score (nSPS) is 19.6. The number of guanidine groups is 1. The first-order valence-electron chi connectivity index (χ1n) is 11.0. The second kappa shape index (κ2) is 9.23. The number of nitrogens with zero attached hydrogens (tertiary/aromatic N) is 3. The fraction of sp³-hybridized carbons (Fsp3) is 0.400. The van der Waals surface area contributed by atoms with Gasteiger partial charge in [0.1, 0.15) is 0 Å². The maximum Gasteiger partial charge on any atom is 0.257 e. The molecule has 4 rings (SSSR count). The van der Waals surface area contributed by atoms with Crippen LogP contribution in [-0.2, 0) is 0 Å². The lowest BCUT2D eigenvalue weighted by Crippen LogP contribution is -2.41. The number of likely N-dealkylation sites (N-methyl/N-ethyl adjacent to an activating group) is 1. The number of hydrogen-bond acceptors (Lipinski definition) is 6. The summed E-state index contributed by atoms with van der Waals surface area (Å²) in [6, 6.07) is 11.7. The minimum Gasteiger partial charge on any atom is -0.493 e. The Morgan fingerprint density at radius 2 is 1.82 bits per heavy atom. The van der Waals surface area contributed by atoms with E-state index in [2.05, 4.69) is 23.3 Å². The van der Waals surface area contributed by atoms with Crippen molar-refractivity contribution >= 4 is 17.6 Å². The molecule has 2 aliphatic rings. The minimum absolute atomic E-state index is 0.0454. The predicted molar refractivity (Wildman–Crippen MR) is 129 cm³/mol. The van der Waals surface area contributed by atoms with Gasteiger partial charge in [-0.2, -0.15) is 0 Å². The largest absolute Gasteiger partial charge is 0.493 e. The van der Waals surface area contributed by atoms with Gasteiger partial charge in [0.2, 0.25) is 0 Å². The highest BCUT2D eigenvalue weighted by molar-refractivity contribution is 6.15. The van der Waals surface area contributed by atoms with Crippen molar-refractivity contribution in [3.63, 3.8) is 0 Å². The molecule has 0 radical (unpaired) electrons. The number of rotatable bonds is 4. The summed E-state index contributed by atoms with van der Waals surface area (Å²) in [4.78, 5) is 21.5. The zero-order valence-electron chi connectivity index (χ0n) is 19.8. The molecule has 33 heavy (non-hydrogen) atoms. The summed E-state index contributed by atoms with van der Waals surface area (Å²) in [5.74, 6) is 1.42. The van der Waals surface area contributed by atoms with Gasteiger partial charge in [0.15, 0.2) is 17.5 Å². The molecule has 0 aromatic heterocycles. The van der Waals surface area contributed by atoms with Crippen molar-refractivity contribution in [2.75, 3.05) is 48.5 Å². The predicted octanol–water partition coefficient (Wildman–Crippen LogP) is 2.57. The molecule has 0 unspecified atom stereocenters. The number of likely N-dealkylation sites (tertiary alicyclic amines) is 1. The molecule has 2 aliphatic heterocycles. The molecule has 0 saturated carbocycles. The Balaban J connectivity index is 1.72. The van der Waals surface area contributed by atoms with Gasteiger partial charge < -0.3 is 19.3 Å². The molecule has 0 aliphatic carbocycles. The summed E-state index contributed by atoms with van der Waals surface area (Å²) in [5.41, 5.74) is 4.60. The van der Waals surface area contributed by atoms with Crippen molar-refractivity contribution in [1.82, 2.24) is 15.1 Å². The number of aliphatic imine (C=N–C) groups is 1. The van der Waals surface area contributed by atoms with Crippen LogP contribution >= 0.6 is 0 Å². The van der Waals surface area contributed by atoms with Gasteiger partial charge in [-0.05, 0) is 49.8 Å². The molecule has 0 bridgehead atoms. The van der Waals surface area contributed by atoms with E-state index in [9.17, 15) is 4.79 Å². The molecular formula is C25H31N5O3. The fourth-order valence-corrected chi connectivity index (χ4v) is 4.51. The smallest absolute Gasteiger partial charge is 0.257 e. The third-order valence-corrected chi connectivity index (χ3v) is 6.38. The number of fused-ring (bicyclic) bond motifs is 3. The Kier molecular flexibility index (Phi) is 6.37. The first-order chi connectivity index (χ1) is 15.8. The third-order valence-electron chi connectivity index (χ3n) is 6.38. The van der Waals surface area contributed by atoms with Crippen molar-refractivity contribution in [3.05, 3.63) is 58.7 Å². The van der Waals surface area contributed by atoms with Crippen LogP contribution in [0.1, 0.15) is 39.4 Å². The van der Waals surface area contributed by atoms with Gasteiger partial charge in [0.05, 0.1) is 26.0 Å². The average Bonchev–Trinajstić information content (AvgIpc) is 2.82. The van der Waals surface area contributed by atoms with Crippen molar-refractivity contribution < 1.29 is 14.3 Å². The summed E-state index contributed by atoms with van der Waals surface area (Å²) < 4.78 is 11.2. The number of hydrogen-bond donors (Lipinski definition) is 2. The van der Waals surface area contributed by atoms with Crippen LogP contribution < -0.4 is 14.8 Å². The number of nitrogens with one attached hydrogen (secondary N) is 2. The molecule has 1 saturated heterocycles. The number of ether oxygens (including phenoxy) is 2. The Hall–Kier alpha value is -3.39. The van der Waals surface area contributed by atoms with E-state index in [0.717, 1.165) is 42.1 Å². The van der Waals surface area contributed by atoms with E-state index < -0.39 is 0 Å². The molecule has 8 nitrogen and oxygen atoms in total. The molecule has 2 aromatic carbocycles. The van der Waals surface area contributed by atoms with Crippen molar-refractivity contribution in [2.24, 2.45) is 4.99 Å². The van der Waals surface area contributed by atoms with Crippen LogP contribution in [0.3, 0.4) is 0 Å². The summed E-state index contributed by atoms with van der Waals surface area (Å²) in [6.45, 7) is 1.96. The maximum absolute atomic E-state index is 12.5. The van der Waals surface area contributed by atoms with Gasteiger partial charge in [-0.1, -0.05) is 12.1 Å². The molecule has 2 N–H and O–H groups in total. The Labute approximate surface area is 194 Å². The van der Waals surface area contributed by atoms with E-state index in [1.54, 1.807) is 45.3 Å². The zero-order chi connectivity index (χ0) is 23.7. The molecule has 174 valence electrons. The number of carbonyl (C=O) groups is 1. The SMILES string of the molecule is COc1cc2c(cc1OC)[C@@H]1CN(C)CC[C@@H]1N=C2c1ccc(C(=O)NC(=N)N(C)C)cc1. The first-order valence-corrected chi connectivity index (χ1v) is 11.0. The van der Waals surface area contributed by atoms with Crippen LogP contribution in [0.15, 0.2) is 41.4 Å². The molecule has 0 spiro atoms. The van der Waals surface area contributed by atoms with E-state index in [-0.39, 0.29) is 17.9 Å². The maximum atomic E-state index is 12.5. The van der Waals surface area contributed by atoms with Gasteiger partial charge in [-0.3, -0.25) is 20.5 Å². The van der Waals surface area contributed by atoms with Gasteiger partial charge >= 0.3 is 0 Å². The number of piperidine rings is 1. The lowest BCUT2D eigenvalue weighted by molar-refractivity contribution is 0.0973. The summed E-state index contributed by atoms with van der Waals surface area (Å²) in [6.07, 6.45) is 0.992. The van der Waals surface area contributed by atoms with E-state index in [4.69, 9.17) is 19.9 Å². The fourth-order valence-electron chi connectivity index (χ4n) is 4.51. The third kappa shape index (κ3) is 4.43. The lowest BCUT2D eigenvalue weighted by Gasteiger charge is -2.39. The molecule has 8 heteroatoms. The van der Waals surface area contributed by atoms with Crippen LogP contribution in [0.25, 0.3) is 0 Å². The van der Waals surface area contributed by atoms with E-state index in [1.807, 2.05) is 18.2 Å². The Bertz CT molecular complexity index is 1090. The molecule has 2 aromatic rings. The quantitative estimate of drug-likeness (QED) is 0.553. The Morgan fingerprint density at radius 1 is 1.15 bits per heavy atom. The van der Waals surface area contributed by atoms with Crippen LogP contribution in [0.4, 0.5) is 0 Å². The van der Waals surface area contributed by atoms with E-state index in [1.165, 1.54) is 5.56 Å². The zero-order valence-corrected chi connectivity index (χ0v) is 19.8. The highest BCUT2D eigenvalue weighted by Crippen LogP contribution is 2.42. The monoisotopic (exact) mass is 449 g/mol. The summed E-state index contributed by atoms with van der Waals surface area (Å²) in [7, 11) is 8.87. The van der Waals surface area contributed by atoms with Crippen molar-refractivity contribution in [3.8, 4) is 11.5 Å². The molecule has 2 atom stereocenters. The molecule has 1 amide bonds. The molecular weight excluding hydrogens is 418 g/mol. The molecule has 2 heterocycles. The Morgan fingerprint density at radius 3 is 2.45 bits per heavy atom. The second-order valence-electron chi connectivity index (χ2n) is 8.77. The van der Waals surface area contributed by atoms with Crippen LogP contribution in [0.2, 0.25) is 0 Å². The van der Waals surface area contributed by atoms with Crippen LogP contribution in [0, 0.1) is 5.41 Å². The van der Waals surface area contributed by atoms with Gasteiger partial charge in [-0.25, -0.2) is 0 Å². The second-order valence-corrected chi connectivity index (χ2v) is 8.77. The highest BCUT2D eigenvalue weighted by Gasteiger charge is 2.36. The number of carbonyl (C=O) groups excluding carboxylic acids is 1. The topological polar surface area (TPSA) is 90.2 Å². The van der Waals surface area contributed by atoms with Gasteiger partial charge in [0.25, 0.3) is 5.91 Å². The van der Waals surface area contributed by atoms with Gasteiger partial charge in [0, 0.05) is 43.2 Å². The first kappa shape index (κ1) is 22.8. The van der Waals surface area contributed by atoms with Gasteiger partial charge in [-0.15, -0.1) is 0 Å². The summed E-state index contributed by atoms with van der Waals surface area (Å²) >= 11 is 0. The van der Waals surface area contributed by atoms with E-state index >= 15 is 0 Å². The number of amides is 1. The van der Waals surface area contributed by atoms with E-state index in [0.29, 0.717) is 17.2 Å². The summed E-state index contributed by atoms with van der Waals surface area (Å²) in [5, 5.41) is 10.4. The van der Waals surface area contributed by atoms with Crippen LogP contribution in [-0.4, -0.2) is 81.9 Å². The highest BCUT2D eigenvalue weighted by atomic mass is 16.5. The lowest BCUT2D eigenvalue weighted by atomic mass is 9.79. The minimum atomic E-state index is -0.312. The standard InChI is InChI=1S/C25H31N5O3/c1-29(2)25(26)28-24(31)16-8-6-15(7-9-16)23-18-13-22(33-5)21(32-4)12-17(18)19-14-30(3)11-10-20(19)27-23/h6-9,12-13,19-20H,10-11,14H2,1-5H3,(H2,26,28,31)/t19-,20-/m0/s1. The molecule has 1 fully saturated rings. The van der Waals surface area contributed by atoms with Crippen LogP contribution in [0.5, 0.6) is 11.5 Å².